The van der Waals surface area contributed by atoms with Crippen LogP contribution in [0.1, 0.15) is 20.7 Å². The van der Waals surface area contributed by atoms with E-state index in [1.807, 2.05) is 60.7 Å². The summed E-state index contributed by atoms with van der Waals surface area (Å²) < 4.78 is 11.1. The van der Waals surface area contributed by atoms with Crippen molar-refractivity contribution in [1.29, 1.82) is 0 Å². The third kappa shape index (κ3) is 4.19. The molecule has 8 heteroatoms. The van der Waals surface area contributed by atoms with Crippen LogP contribution < -0.4 is 0 Å². The fraction of sp³-hybridized carbons (Fsp3) is 0.125. The van der Waals surface area contributed by atoms with E-state index in [-0.39, 0.29) is 11.8 Å². The van der Waals surface area contributed by atoms with Gasteiger partial charge in [-0.3, -0.25) is 9.59 Å². The molecule has 4 aromatic heterocycles. The van der Waals surface area contributed by atoms with E-state index in [0.717, 1.165) is 21.8 Å². The Kier molecular flexibility index (Phi) is 5.85. The zero-order valence-corrected chi connectivity index (χ0v) is 21.5. The van der Waals surface area contributed by atoms with Crippen LogP contribution in [0.4, 0.5) is 0 Å². The number of fused-ring (bicyclic) bond motifs is 2. The minimum absolute atomic E-state index is 0.0898. The van der Waals surface area contributed by atoms with E-state index in [1.54, 1.807) is 46.6 Å². The van der Waals surface area contributed by atoms with Gasteiger partial charge in [-0.1, -0.05) is 36.4 Å². The Morgan fingerprint density at radius 2 is 1.00 bits per heavy atom. The SMILES string of the molecule is O=C(c1cc(-c2ccco2)nc2ccccc12)N1CCN(C(=O)c2cc(-c3ccco3)nc3ccccc23)CC1. The van der Waals surface area contributed by atoms with E-state index in [0.29, 0.717) is 60.2 Å². The molecule has 1 saturated heterocycles. The number of pyridine rings is 2. The van der Waals surface area contributed by atoms with Crippen LogP contribution in [-0.4, -0.2) is 57.8 Å². The lowest BCUT2D eigenvalue weighted by atomic mass is 10.0. The van der Waals surface area contributed by atoms with E-state index < -0.39 is 0 Å². The second kappa shape index (κ2) is 9.81. The van der Waals surface area contributed by atoms with Gasteiger partial charge in [0.2, 0.25) is 0 Å². The molecule has 1 fully saturated rings. The van der Waals surface area contributed by atoms with E-state index in [1.165, 1.54) is 0 Å². The Bertz CT molecular complexity index is 1720. The lowest BCUT2D eigenvalue weighted by Gasteiger charge is -2.35. The maximum atomic E-state index is 13.8. The second-order valence-electron chi connectivity index (χ2n) is 9.68. The zero-order valence-electron chi connectivity index (χ0n) is 21.5. The van der Waals surface area contributed by atoms with E-state index in [9.17, 15) is 9.59 Å². The van der Waals surface area contributed by atoms with Gasteiger partial charge >= 0.3 is 0 Å². The van der Waals surface area contributed by atoms with Crippen molar-refractivity contribution >= 4 is 33.6 Å². The first-order valence-corrected chi connectivity index (χ1v) is 13.1. The molecule has 0 saturated carbocycles. The predicted octanol–water partition coefficient (Wildman–Crippen LogP) is 5.90. The van der Waals surface area contributed by atoms with Gasteiger partial charge in [-0.05, 0) is 48.5 Å². The number of para-hydroxylation sites is 2. The van der Waals surface area contributed by atoms with Crippen molar-refractivity contribution in [3.63, 3.8) is 0 Å². The van der Waals surface area contributed by atoms with Crippen LogP contribution in [-0.2, 0) is 0 Å². The Balaban J connectivity index is 1.15. The number of benzene rings is 2. The Morgan fingerprint density at radius 3 is 1.40 bits per heavy atom. The molecule has 0 aliphatic carbocycles. The van der Waals surface area contributed by atoms with Gasteiger partial charge < -0.3 is 18.6 Å². The lowest BCUT2D eigenvalue weighted by Crippen LogP contribution is -2.50. The second-order valence-corrected chi connectivity index (χ2v) is 9.68. The number of carbonyl (C=O) groups is 2. The summed E-state index contributed by atoms with van der Waals surface area (Å²) in [4.78, 5) is 40.6. The van der Waals surface area contributed by atoms with Gasteiger partial charge in [0.15, 0.2) is 11.5 Å². The average Bonchev–Trinajstić information content (AvgIpc) is 3.75. The van der Waals surface area contributed by atoms with Crippen molar-refractivity contribution in [2.24, 2.45) is 0 Å². The van der Waals surface area contributed by atoms with Gasteiger partial charge in [-0.25, -0.2) is 9.97 Å². The largest absolute Gasteiger partial charge is 0.463 e. The molecule has 2 aromatic carbocycles. The topological polar surface area (TPSA) is 92.7 Å². The molecule has 7 rings (SSSR count). The van der Waals surface area contributed by atoms with Crippen molar-refractivity contribution in [3.05, 3.63) is 109 Å². The predicted molar refractivity (Wildman–Crippen MR) is 151 cm³/mol. The normalized spacial score (nSPS) is 13.7. The van der Waals surface area contributed by atoms with Crippen molar-refractivity contribution in [2.75, 3.05) is 26.2 Å². The van der Waals surface area contributed by atoms with E-state index in [2.05, 4.69) is 0 Å². The molecule has 0 bridgehead atoms. The smallest absolute Gasteiger partial charge is 0.254 e. The Hall–Kier alpha value is -5.24. The quantitative estimate of drug-likeness (QED) is 0.283. The summed E-state index contributed by atoms with van der Waals surface area (Å²) in [5, 5.41) is 1.57. The Morgan fingerprint density at radius 1 is 0.575 bits per heavy atom. The molecule has 196 valence electrons. The Labute approximate surface area is 229 Å². The first kappa shape index (κ1) is 23.8. The van der Waals surface area contributed by atoms with Crippen molar-refractivity contribution in [1.82, 2.24) is 19.8 Å². The highest BCUT2D eigenvalue weighted by atomic mass is 16.3. The van der Waals surface area contributed by atoms with Gasteiger partial charge in [0, 0.05) is 37.0 Å². The minimum Gasteiger partial charge on any atom is -0.463 e. The monoisotopic (exact) mass is 528 g/mol. The molecule has 0 spiro atoms. The summed E-state index contributed by atoms with van der Waals surface area (Å²) >= 11 is 0. The van der Waals surface area contributed by atoms with Crippen LogP contribution in [0, 0.1) is 0 Å². The van der Waals surface area contributed by atoms with E-state index >= 15 is 0 Å². The molecule has 0 N–H and O–H groups in total. The molecule has 6 aromatic rings. The number of nitrogens with zero attached hydrogens (tertiary/aromatic N) is 4. The van der Waals surface area contributed by atoms with Crippen LogP contribution in [0.3, 0.4) is 0 Å². The average molecular weight is 529 g/mol. The number of piperazine rings is 1. The van der Waals surface area contributed by atoms with Gasteiger partial charge in [-0.15, -0.1) is 0 Å². The van der Waals surface area contributed by atoms with E-state index in [4.69, 9.17) is 18.8 Å². The molecule has 0 unspecified atom stereocenters. The van der Waals surface area contributed by atoms with Crippen molar-refractivity contribution in [2.45, 2.75) is 0 Å². The summed E-state index contributed by atoms with van der Waals surface area (Å²) in [5.74, 6) is 1.03. The van der Waals surface area contributed by atoms with Gasteiger partial charge in [0.05, 0.1) is 34.7 Å². The molecule has 0 radical (unpaired) electrons. The number of aromatic nitrogens is 2. The summed E-state index contributed by atoms with van der Waals surface area (Å²) in [6, 6.07) is 26.1. The lowest BCUT2D eigenvalue weighted by molar-refractivity contribution is 0.0537. The van der Waals surface area contributed by atoms with Gasteiger partial charge in [-0.2, -0.15) is 0 Å². The highest BCUT2D eigenvalue weighted by Crippen LogP contribution is 2.28. The molecule has 1 aliphatic rings. The molecular weight excluding hydrogens is 504 g/mol. The summed E-state index contributed by atoms with van der Waals surface area (Å²) in [7, 11) is 0. The molecular formula is C32H24N4O4. The van der Waals surface area contributed by atoms with Gasteiger partial charge in [0.1, 0.15) is 11.4 Å². The maximum Gasteiger partial charge on any atom is 0.254 e. The molecule has 0 atom stereocenters. The fourth-order valence-corrected chi connectivity index (χ4v) is 5.26. The minimum atomic E-state index is -0.0898. The van der Waals surface area contributed by atoms with Crippen LogP contribution in [0.15, 0.2) is 106 Å². The maximum absolute atomic E-state index is 13.8. The molecule has 2 amide bonds. The summed E-state index contributed by atoms with van der Waals surface area (Å²) in [5.41, 5.74) is 3.81. The summed E-state index contributed by atoms with van der Waals surface area (Å²) in [6.45, 7) is 1.69. The highest BCUT2D eigenvalue weighted by molar-refractivity contribution is 6.08. The van der Waals surface area contributed by atoms with Crippen LogP contribution >= 0.6 is 0 Å². The van der Waals surface area contributed by atoms with Crippen LogP contribution in [0.5, 0.6) is 0 Å². The molecule has 8 nitrogen and oxygen atoms in total. The molecule has 5 heterocycles. The third-order valence-corrected chi connectivity index (χ3v) is 7.29. The first-order valence-electron chi connectivity index (χ1n) is 13.1. The van der Waals surface area contributed by atoms with Crippen molar-refractivity contribution < 1.29 is 18.4 Å². The highest BCUT2D eigenvalue weighted by Gasteiger charge is 2.28. The zero-order chi connectivity index (χ0) is 27.1. The first-order chi connectivity index (χ1) is 19.7. The number of amides is 2. The third-order valence-electron chi connectivity index (χ3n) is 7.29. The van der Waals surface area contributed by atoms with Crippen LogP contribution in [0.25, 0.3) is 44.7 Å². The standard InChI is InChI=1S/C32H24N4O4/c37-31(23-19-27(29-11-5-17-39-29)33-25-9-3-1-7-21(23)25)35-13-15-36(16-14-35)32(38)24-20-28(30-12-6-18-40-30)34-26-10-4-2-8-22(24)26/h1-12,17-20H,13-16H2. The number of furan rings is 2. The number of hydrogen-bond acceptors (Lipinski definition) is 6. The number of hydrogen-bond donors (Lipinski definition) is 0. The molecule has 1 aliphatic heterocycles. The number of carbonyl (C=O) groups excluding carboxylic acids is 2. The fourth-order valence-electron chi connectivity index (χ4n) is 5.26. The van der Waals surface area contributed by atoms with Gasteiger partial charge in [0.25, 0.3) is 11.8 Å². The summed E-state index contributed by atoms with van der Waals surface area (Å²) in [6.07, 6.45) is 3.18. The van der Waals surface area contributed by atoms with Crippen molar-refractivity contribution in [3.8, 4) is 22.9 Å². The molecule has 40 heavy (non-hydrogen) atoms. The number of rotatable bonds is 4. The van der Waals surface area contributed by atoms with Crippen LogP contribution in [0.2, 0.25) is 0 Å².